The molecule has 0 bridgehead atoms. The van der Waals surface area contributed by atoms with Crippen LogP contribution in [-0.4, -0.2) is 34.8 Å². The summed E-state index contributed by atoms with van der Waals surface area (Å²) in [5, 5.41) is 2.25. The number of aryl methyl sites for hydroxylation is 1. The predicted molar refractivity (Wildman–Crippen MR) is 93.8 cm³/mol. The van der Waals surface area contributed by atoms with E-state index in [-0.39, 0.29) is 11.4 Å². The van der Waals surface area contributed by atoms with Crippen molar-refractivity contribution >= 4 is 17.4 Å². The number of rotatable bonds is 6. The Labute approximate surface area is 161 Å². The van der Waals surface area contributed by atoms with Gasteiger partial charge in [-0.1, -0.05) is 28.8 Å². The van der Waals surface area contributed by atoms with Crippen molar-refractivity contribution < 1.29 is 35.1 Å². The largest absolute Gasteiger partial charge is 0.381 e. The first-order chi connectivity index (χ1) is 12.7. The number of thioether (sulfide) groups is 1. The molecule has 0 fully saturated rings. The lowest BCUT2D eigenvalue weighted by Gasteiger charge is -2.47. The van der Waals surface area contributed by atoms with E-state index in [9.17, 15) is 35.1 Å². The third-order valence-corrected chi connectivity index (χ3v) is 6.34. The predicted octanol–water partition coefficient (Wildman–Crippen LogP) is 6.75. The van der Waals surface area contributed by atoms with Crippen LogP contribution in [0.3, 0.4) is 0 Å². The summed E-state index contributed by atoms with van der Waals surface area (Å²) < 4.78 is 110. The van der Waals surface area contributed by atoms with Gasteiger partial charge in [0.1, 0.15) is 0 Å². The van der Waals surface area contributed by atoms with Gasteiger partial charge in [-0.3, -0.25) is 0 Å². The second-order valence-corrected chi connectivity index (χ2v) is 8.19. The summed E-state index contributed by atoms with van der Waals surface area (Å²) in [6, 6.07) is 5.69. The first-order valence-corrected chi connectivity index (χ1v) is 9.22. The Morgan fingerprint density at radius 1 is 0.929 bits per heavy atom. The van der Waals surface area contributed by atoms with Gasteiger partial charge in [0.05, 0.1) is 0 Å². The number of hydrogen-bond donors (Lipinski definition) is 1. The molecule has 1 N–H and O–H groups in total. The van der Waals surface area contributed by atoms with Gasteiger partial charge in [-0.05, 0) is 32.9 Å². The van der Waals surface area contributed by atoms with Crippen LogP contribution < -0.4 is 5.32 Å². The SMILES string of the molecule is CC1=C(C)CC(Nc2ccc(C)cc2)(C(F)(F)C(F)(F)C(F)(F)C(F)F)SC1. The third kappa shape index (κ3) is 3.59. The molecular weight excluding hydrogens is 414 g/mol. The summed E-state index contributed by atoms with van der Waals surface area (Å²) >= 11 is 0.306. The van der Waals surface area contributed by atoms with Crippen LogP contribution in [0.1, 0.15) is 25.8 Å². The van der Waals surface area contributed by atoms with Gasteiger partial charge in [0, 0.05) is 17.9 Å². The van der Waals surface area contributed by atoms with Crippen LogP contribution >= 0.6 is 11.8 Å². The van der Waals surface area contributed by atoms with Crippen LogP contribution in [0, 0.1) is 6.92 Å². The normalized spacial score (nSPS) is 22.0. The molecule has 10 heteroatoms. The Kier molecular flexibility index (Phi) is 6.05. The fourth-order valence-corrected chi connectivity index (χ4v) is 4.29. The highest BCUT2D eigenvalue weighted by Gasteiger charge is 2.81. The highest BCUT2D eigenvalue weighted by atomic mass is 32.2. The van der Waals surface area contributed by atoms with Gasteiger partial charge in [0.2, 0.25) is 0 Å². The highest BCUT2D eigenvalue weighted by Crippen LogP contribution is 2.59. The van der Waals surface area contributed by atoms with Crippen LogP contribution in [0.2, 0.25) is 0 Å². The lowest BCUT2D eigenvalue weighted by molar-refractivity contribution is -0.344. The molecule has 0 aliphatic carbocycles. The third-order valence-electron chi connectivity index (χ3n) is 4.77. The summed E-state index contributed by atoms with van der Waals surface area (Å²) in [5.41, 5.74) is 1.67. The molecule has 1 aromatic carbocycles. The monoisotopic (exact) mass is 433 g/mol. The molecule has 0 saturated carbocycles. The van der Waals surface area contributed by atoms with Crippen molar-refractivity contribution in [2.75, 3.05) is 11.1 Å². The molecule has 0 radical (unpaired) electrons. The smallest absolute Gasteiger partial charge is 0.365 e. The molecule has 1 aromatic rings. The standard InChI is InChI=1S/C18H19F8NS/c1-10-4-6-13(7-5-10)27-15(8-11(2)12(3)9-28-15)17(23,24)18(25,26)16(21,22)14(19)20/h4-7,14,27H,8-9H2,1-3H3. The average Bonchev–Trinajstić information content (AvgIpc) is 2.59. The summed E-state index contributed by atoms with van der Waals surface area (Å²) in [6.07, 6.45) is -5.67. The molecule has 1 atom stereocenters. The van der Waals surface area contributed by atoms with Crippen molar-refractivity contribution in [3.8, 4) is 0 Å². The fourth-order valence-electron chi connectivity index (χ4n) is 2.76. The maximum absolute atomic E-state index is 15.0. The molecular formula is C18H19F8NS. The molecule has 1 nitrogen and oxygen atoms in total. The number of hydrogen-bond acceptors (Lipinski definition) is 2. The topological polar surface area (TPSA) is 12.0 Å². The lowest BCUT2D eigenvalue weighted by Crippen LogP contribution is -2.68. The van der Waals surface area contributed by atoms with Crippen molar-refractivity contribution in [2.24, 2.45) is 0 Å². The number of alkyl halides is 8. The van der Waals surface area contributed by atoms with Crippen LogP contribution in [0.5, 0.6) is 0 Å². The van der Waals surface area contributed by atoms with Gasteiger partial charge < -0.3 is 5.32 Å². The van der Waals surface area contributed by atoms with E-state index >= 15 is 0 Å². The summed E-state index contributed by atoms with van der Waals surface area (Å²) in [6.45, 7) is 4.72. The molecule has 1 unspecified atom stereocenters. The van der Waals surface area contributed by atoms with Gasteiger partial charge in [-0.15, -0.1) is 11.8 Å². The van der Waals surface area contributed by atoms with E-state index in [1.165, 1.54) is 31.2 Å². The molecule has 2 rings (SSSR count). The zero-order valence-corrected chi connectivity index (χ0v) is 16.0. The van der Waals surface area contributed by atoms with Gasteiger partial charge in [-0.25, -0.2) is 8.78 Å². The average molecular weight is 433 g/mol. The second kappa shape index (κ2) is 7.42. The van der Waals surface area contributed by atoms with Crippen molar-refractivity contribution in [3.63, 3.8) is 0 Å². The maximum atomic E-state index is 15.0. The fraction of sp³-hybridized carbons (Fsp3) is 0.556. The van der Waals surface area contributed by atoms with Gasteiger partial charge in [0.25, 0.3) is 0 Å². The zero-order chi connectivity index (χ0) is 21.5. The number of benzene rings is 1. The molecule has 1 aliphatic heterocycles. The van der Waals surface area contributed by atoms with E-state index in [0.717, 1.165) is 5.56 Å². The molecule has 0 amide bonds. The van der Waals surface area contributed by atoms with Crippen molar-refractivity contribution in [1.82, 2.24) is 0 Å². The Morgan fingerprint density at radius 2 is 1.46 bits per heavy atom. The summed E-state index contributed by atoms with van der Waals surface area (Å²) in [7, 11) is 0. The molecule has 28 heavy (non-hydrogen) atoms. The molecule has 158 valence electrons. The van der Waals surface area contributed by atoms with Crippen LogP contribution in [0.15, 0.2) is 35.4 Å². The Morgan fingerprint density at radius 3 is 1.93 bits per heavy atom. The van der Waals surface area contributed by atoms with E-state index < -0.39 is 35.5 Å². The minimum atomic E-state index is -6.29. The Bertz CT molecular complexity index is 744. The van der Waals surface area contributed by atoms with Crippen LogP contribution in [0.4, 0.5) is 40.8 Å². The van der Waals surface area contributed by atoms with Crippen LogP contribution in [0.25, 0.3) is 0 Å². The van der Waals surface area contributed by atoms with Crippen LogP contribution in [-0.2, 0) is 0 Å². The van der Waals surface area contributed by atoms with Crippen molar-refractivity contribution in [2.45, 2.75) is 56.3 Å². The number of halogens is 8. The van der Waals surface area contributed by atoms with E-state index in [2.05, 4.69) is 5.32 Å². The van der Waals surface area contributed by atoms with Crippen molar-refractivity contribution in [3.05, 3.63) is 41.0 Å². The van der Waals surface area contributed by atoms with Crippen molar-refractivity contribution in [1.29, 1.82) is 0 Å². The molecule has 0 aromatic heterocycles. The van der Waals surface area contributed by atoms with E-state index in [1.54, 1.807) is 13.8 Å². The van der Waals surface area contributed by atoms with E-state index in [1.807, 2.05) is 0 Å². The summed E-state index contributed by atoms with van der Waals surface area (Å²) in [5.74, 6) is -18.1. The minimum absolute atomic E-state index is 0.0127. The lowest BCUT2D eigenvalue weighted by atomic mass is 9.90. The minimum Gasteiger partial charge on any atom is -0.365 e. The first kappa shape index (κ1) is 22.8. The van der Waals surface area contributed by atoms with E-state index in [4.69, 9.17) is 0 Å². The number of nitrogens with one attached hydrogen (secondary N) is 1. The summed E-state index contributed by atoms with van der Waals surface area (Å²) in [4.78, 5) is -2.94. The molecule has 1 heterocycles. The number of anilines is 1. The molecule has 0 spiro atoms. The van der Waals surface area contributed by atoms with Gasteiger partial charge in [0.15, 0.2) is 4.87 Å². The maximum Gasteiger partial charge on any atom is 0.381 e. The first-order valence-electron chi connectivity index (χ1n) is 8.23. The zero-order valence-electron chi connectivity index (χ0n) is 15.2. The quantitative estimate of drug-likeness (QED) is 0.394. The van der Waals surface area contributed by atoms with E-state index in [0.29, 0.717) is 22.9 Å². The second-order valence-electron chi connectivity index (χ2n) is 6.92. The molecule has 1 aliphatic rings. The van der Waals surface area contributed by atoms with Gasteiger partial charge in [-0.2, -0.15) is 26.3 Å². The Balaban J connectivity index is 2.59. The highest BCUT2D eigenvalue weighted by molar-refractivity contribution is 8.01. The molecule has 0 saturated heterocycles. The van der Waals surface area contributed by atoms with Gasteiger partial charge >= 0.3 is 24.2 Å². The Hall–Kier alpha value is -1.45.